The van der Waals surface area contributed by atoms with Gasteiger partial charge in [0.1, 0.15) is 0 Å². The van der Waals surface area contributed by atoms with Crippen LogP contribution in [0.15, 0.2) is 15.9 Å². The van der Waals surface area contributed by atoms with E-state index < -0.39 is 30.3 Å². The van der Waals surface area contributed by atoms with Gasteiger partial charge in [-0.3, -0.25) is 13.9 Å². The van der Waals surface area contributed by atoms with Crippen LogP contribution in [-0.4, -0.2) is 41.6 Å². The van der Waals surface area contributed by atoms with Crippen LogP contribution in [0.5, 0.6) is 0 Å². The zero-order valence-electron chi connectivity index (χ0n) is 15.8. The first-order chi connectivity index (χ1) is 11.4. The van der Waals surface area contributed by atoms with Gasteiger partial charge in [-0.25, -0.2) is 9.78 Å². The molecule has 2 heterocycles. The maximum Gasteiger partial charge on any atom is 0.332 e. The number of aliphatic hydroxyl groups excluding tert-OH is 1. The molecule has 1 unspecified atom stereocenters. The van der Waals surface area contributed by atoms with Crippen molar-refractivity contribution < 1.29 is 15.7 Å². The van der Waals surface area contributed by atoms with Crippen molar-refractivity contribution >= 4 is 11.2 Å². The molecular formula is C13H20N4O4. The molecule has 0 saturated heterocycles. The maximum absolute atomic E-state index is 12.5. The minimum Gasteiger partial charge on any atom is -0.394 e. The second-order valence-corrected chi connectivity index (χ2v) is 4.67. The van der Waals surface area contributed by atoms with E-state index in [0.29, 0.717) is 0 Å². The normalized spacial score (nSPS) is 17.1. The van der Waals surface area contributed by atoms with Crippen LogP contribution in [0.2, 0.25) is 0 Å². The summed E-state index contributed by atoms with van der Waals surface area (Å²) in [6, 6.07) is 0. The van der Waals surface area contributed by atoms with E-state index in [2.05, 4.69) is 4.98 Å². The number of fused-ring (bicyclic) bond motifs is 1. The first-order valence-electron chi connectivity index (χ1n) is 8.39. The zero-order chi connectivity index (χ0) is 19.2. The number of rotatable bonds is 6. The van der Waals surface area contributed by atoms with Gasteiger partial charge in [-0.1, -0.05) is 0 Å². The molecule has 2 rings (SSSR count). The lowest BCUT2D eigenvalue weighted by Crippen LogP contribution is -2.39. The number of hydrogen-bond donors (Lipinski definition) is 2. The Labute approximate surface area is 126 Å². The van der Waals surface area contributed by atoms with Gasteiger partial charge in [0, 0.05) is 23.4 Å². The molecule has 116 valence electrons. The molecule has 8 heteroatoms. The second kappa shape index (κ2) is 6.23. The van der Waals surface area contributed by atoms with E-state index in [4.69, 9.17) is 10.6 Å². The molecule has 2 aromatic heterocycles. The van der Waals surface area contributed by atoms with Crippen LogP contribution in [0.3, 0.4) is 0 Å². The molecule has 0 fully saturated rings. The lowest BCUT2D eigenvalue weighted by Gasteiger charge is -2.09. The molecule has 21 heavy (non-hydrogen) atoms. The first-order valence-corrected chi connectivity index (χ1v) is 6.39. The van der Waals surface area contributed by atoms with Crippen LogP contribution in [0.1, 0.15) is 24.7 Å². The Balaban J connectivity index is 2.26. The van der Waals surface area contributed by atoms with Crippen molar-refractivity contribution in [2.75, 3.05) is 6.56 Å². The van der Waals surface area contributed by atoms with E-state index in [9.17, 15) is 14.7 Å². The van der Waals surface area contributed by atoms with E-state index >= 15 is 0 Å². The summed E-state index contributed by atoms with van der Waals surface area (Å²) < 4.78 is 33.0. The van der Waals surface area contributed by atoms with Crippen molar-refractivity contribution in [3.05, 3.63) is 27.2 Å². The molecule has 1 atom stereocenters. The number of hydrogen-bond acceptors (Lipinski definition) is 5. The smallest absolute Gasteiger partial charge is 0.332 e. The van der Waals surface area contributed by atoms with Gasteiger partial charge < -0.3 is 14.8 Å². The Kier molecular flexibility index (Phi) is 3.19. The fraction of sp³-hybridized carbons (Fsp3) is 0.615. The fourth-order valence-corrected chi connectivity index (χ4v) is 2.12. The summed E-state index contributed by atoms with van der Waals surface area (Å²) in [6.45, 7) is -3.21. The Bertz CT molecular complexity index is 896. The standard InChI is InChI=1S/C13H20N4O4/c1-15-8-14-11-10(15)12(20)17(13(21)16(11)2)6-4-3-5-9(19)7-18/h8-9,18-19H,3-7H2,1-2H3/i5D2,7D2. The summed E-state index contributed by atoms with van der Waals surface area (Å²) in [5.41, 5.74) is -0.684. The van der Waals surface area contributed by atoms with Gasteiger partial charge in [-0.15, -0.1) is 0 Å². The average Bonchev–Trinajstić information content (AvgIpc) is 2.88. The van der Waals surface area contributed by atoms with Crippen LogP contribution >= 0.6 is 0 Å². The summed E-state index contributed by atoms with van der Waals surface area (Å²) in [4.78, 5) is 28.8. The Morgan fingerprint density at radius 3 is 2.76 bits per heavy atom. The Morgan fingerprint density at radius 1 is 1.38 bits per heavy atom. The van der Waals surface area contributed by atoms with Crippen molar-refractivity contribution in [3.63, 3.8) is 0 Å². The highest BCUT2D eigenvalue weighted by Crippen LogP contribution is 2.05. The van der Waals surface area contributed by atoms with Crippen molar-refractivity contribution in [1.82, 2.24) is 18.7 Å². The summed E-state index contributed by atoms with van der Waals surface area (Å²) >= 11 is 0. The summed E-state index contributed by atoms with van der Waals surface area (Å²) in [5, 5.41) is 18.7. The topological polar surface area (TPSA) is 102 Å². The lowest BCUT2D eigenvalue weighted by molar-refractivity contribution is 0.0858. The molecule has 2 aromatic rings. The highest BCUT2D eigenvalue weighted by Gasteiger charge is 2.14. The number of imidazole rings is 1. The quantitative estimate of drug-likeness (QED) is 0.709. The van der Waals surface area contributed by atoms with E-state index in [1.54, 1.807) is 7.05 Å². The summed E-state index contributed by atoms with van der Waals surface area (Å²) in [6.07, 6.45) is -3.64. The molecule has 0 bridgehead atoms. The first kappa shape index (κ1) is 10.7. The maximum atomic E-state index is 12.5. The largest absolute Gasteiger partial charge is 0.394 e. The number of nitrogens with zero attached hydrogens (tertiary/aromatic N) is 4. The van der Waals surface area contributed by atoms with Gasteiger partial charge in [-0.05, 0) is 19.2 Å². The van der Waals surface area contributed by atoms with E-state index in [-0.39, 0.29) is 30.6 Å². The van der Waals surface area contributed by atoms with Crippen LogP contribution in [-0.2, 0) is 20.6 Å². The second-order valence-electron chi connectivity index (χ2n) is 4.67. The third kappa shape index (κ3) is 2.91. The number of aromatic nitrogens is 4. The van der Waals surface area contributed by atoms with Crippen LogP contribution in [0, 0.1) is 0 Å². The molecule has 0 aromatic carbocycles. The molecule has 0 spiro atoms. The third-order valence-electron chi connectivity index (χ3n) is 3.22. The minimum atomic E-state index is -3.09. The molecule has 0 aliphatic carbocycles. The predicted octanol–water partition coefficient (Wildman–Crippen LogP) is -1.04. The fourth-order valence-electron chi connectivity index (χ4n) is 2.12. The van der Waals surface area contributed by atoms with Gasteiger partial charge >= 0.3 is 5.69 Å². The van der Waals surface area contributed by atoms with Gasteiger partial charge in [0.05, 0.1) is 21.7 Å². The minimum absolute atomic E-state index is 0.0152. The van der Waals surface area contributed by atoms with Crippen LogP contribution < -0.4 is 11.2 Å². The Morgan fingerprint density at radius 2 is 2.10 bits per heavy atom. The molecular weight excluding hydrogens is 276 g/mol. The SMILES string of the molecule is [2H]C([2H])(O)C(O)C([2H])([2H])CCCn1c(=O)c2c(ncn2C)n(C)c1=O. The van der Waals surface area contributed by atoms with Crippen LogP contribution in [0.25, 0.3) is 11.2 Å². The average molecular weight is 300 g/mol. The van der Waals surface area contributed by atoms with Crippen LogP contribution in [0.4, 0.5) is 0 Å². The van der Waals surface area contributed by atoms with Gasteiger partial charge in [0.15, 0.2) is 11.2 Å². The monoisotopic (exact) mass is 300 g/mol. The molecule has 0 aliphatic heterocycles. The molecule has 0 amide bonds. The van der Waals surface area contributed by atoms with Crippen molar-refractivity contribution in [3.8, 4) is 0 Å². The summed E-state index contributed by atoms with van der Waals surface area (Å²) in [7, 11) is 3.08. The molecule has 8 nitrogen and oxygen atoms in total. The highest BCUT2D eigenvalue weighted by atomic mass is 16.3. The molecule has 0 aliphatic rings. The number of aliphatic hydroxyl groups is 2. The highest BCUT2D eigenvalue weighted by molar-refractivity contribution is 5.69. The Hall–Kier alpha value is -1.93. The van der Waals surface area contributed by atoms with Gasteiger partial charge in [0.2, 0.25) is 0 Å². The van der Waals surface area contributed by atoms with Crippen molar-refractivity contribution in [2.45, 2.75) is 31.9 Å². The van der Waals surface area contributed by atoms with Crippen molar-refractivity contribution in [1.29, 1.82) is 0 Å². The molecule has 0 radical (unpaired) electrons. The van der Waals surface area contributed by atoms with Gasteiger partial charge in [-0.2, -0.15) is 0 Å². The molecule has 0 saturated carbocycles. The molecule has 2 N–H and O–H groups in total. The zero-order valence-corrected chi connectivity index (χ0v) is 11.8. The van der Waals surface area contributed by atoms with E-state index in [1.807, 2.05) is 0 Å². The van der Waals surface area contributed by atoms with Gasteiger partial charge in [0.25, 0.3) is 5.56 Å². The third-order valence-corrected chi connectivity index (χ3v) is 3.22. The predicted molar refractivity (Wildman–Crippen MR) is 77.2 cm³/mol. The van der Waals surface area contributed by atoms with Crippen molar-refractivity contribution in [2.24, 2.45) is 14.1 Å². The lowest BCUT2D eigenvalue weighted by atomic mass is 10.1. The van der Waals surface area contributed by atoms with E-state index in [0.717, 1.165) is 4.57 Å². The summed E-state index contributed by atoms with van der Waals surface area (Å²) in [5.74, 6) is 0. The van der Waals surface area contributed by atoms with E-state index in [1.165, 1.54) is 22.5 Å². The number of aryl methyl sites for hydroxylation is 2.